The van der Waals surface area contributed by atoms with Gasteiger partial charge in [-0.15, -0.1) is 0 Å². The van der Waals surface area contributed by atoms with Gasteiger partial charge in [0.05, 0.1) is 0 Å². The second kappa shape index (κ2) is 7.54. The molecular formula is C19H28N4O2. The van der Waals surface area contributed by atoms with Gasteiger partial charge in [-0.05, 0) is 19.0 Å². The van der Waals surface area contributed by atoms with E-state index < -0.39 is 0 Å². The molecule has 2 saturated heterocycles. The lowest BCUT2D eigenvalue weighted by molar-refractivity contribution is -0.144. The fourth-order valence-electron chi connectivity index (χ4n) is 3.73. The maximum atomic E-state index is 13.4. The first-order valence-corrected chi connectivity index (χ1v) is 8.98. The number of hydrogen-bond acceptors (Lipinski definition) is 4. The molecule has 2 atom stereocenters. The Morgan fingerprint density at radius 3 is 2.28 bits per heavy atom. The highest BCUT2D eigenvalue weighted by atomic mass is 16.2. The summed E-state index contributed by atoms with van der Waals surface area (Å²) in [4.78, 5) is 33.6. The molecule has 2 heterocycles. The van der Waals surface area contributed by atoms with Crippen LogP contribution in [-0.2, 0) is 9.59 Å². The van der Waals surface area contributed by atoms with Crippen LogP contribution in [0.1, 0.15) is 18.0 Å². The molecule has 136 valence electrons. The zero-order chi connectivity index (χ0) is 18.0. The molecule has 3 rings (SSSR count). The number of nitrogens with zero attached hydrogens (tertiary/aromatic N) is 4. The molecule has 2 aliphatic rings. The Labute approximate surface area is 150 Å². The molecule has 0 aliphatic carbocycles. The number of benzene rings is 1. The monoisotopic (exact) mass is 344 g/mol. The average molecular weight is 344 g/mol. The standard InChI is InChI=1S/C19H28N4O2/c1-20-11-13-23(14-12-20)17(15-7-5-4-6-8-15)19(25)22(3)16-9-10-21(2)18(16)24/h4-8,16-17H,9-14H2,1-3H3/t16-,17-/m0/s1. The molecule has 0 bridgehead atoms. The summed E-state index contributed by atoms with van der Waals surface area (Å²) in [5.74, 6) is 0.0606. The highest BCUT2D eigenvalue weighted by molar-refractivity contribution is 5.91. The van der Waals surface area contributed by atoms with E-state index in [1.54, 1.807) is 23.9 Å². The number of hydrogen-bond donors (Lipinski definition) is 0. The van der Waals surface area contributed by atoms with Crippen molar-refractivity contribution in [3.05, 3.63) is 35.9 Å². The molecule has 2 fully saturated rings. The summed E-state index contributed by atoms with van der Waals surface area (Å²) in [5, 5.41) is 0. The third-order valence-corrected chi connectivity index (χ3v) is 5.47. The van der Waals surface area contributed by atoms with Crippen molar-refractivity contribution < 1.29 is 9.59 Å². The summed E-state index contributed by atoms with van der Waals surface area (Å²) in [7, 11) is 5.68. The minimum absolute atomic E-state index is 0.0180. The van der Waals surface area contributed by atoms with E-state index in [0.717, 1.165) is 31.7 Å². The summed E-state index contributed by atoms with van der Waals surface area (Å²) in [6.07, 6.45) is 0.710. The number of carbonyl (C=O) groups excluding carboxylic acids is 2. The first-order chi connectivity index (χ1) is 12.0. The fraction of sp³-hybridized carbons (Fsp3) is 0.579. The maximum absolute atomic E-state index is 13.4. The first kappa shape index (κ1) is 17.9. The Kier molecular flexibility index (Phi) is 5.39. The molecule has 6 heteroatoms. The summed E-state index contributed by atoms with van der Waals surface area (Å²) in [5.41, 5.74) is 1.00. The van der Waals surface area contributed by atoms with Crippen LogP contribution in [0.3, 0.4) is 0 Å². The van der Waals surface area contributed by atoms with Crippen LogP contribution in [0.4, 0.5) is 0 Å². The minimum atomic E-state index is -0.337. The molecule has 2 amide bonds. The molecule has 1 aromatic rings. The Bertz CT molecular complexity index is 613. The zero-order valence-electron chi connectivity index (χ0n) is 15.4. The Morgan fingerprint density at radius 2 is 1.72 bits per heavy atom. The van der Waals surface area contributed by atoms with Crippen molar-refractivity contribution in [1.82, 2.24) is 19.6 Å². The molecule has 6 nitrogen and oxygen atoms in total. The van der Waals surface area contributed by atoms with Crippen molar-refractivity contribution in [1.29, 1.82) is 0 Å². The summed E-state index contributed by atoms with van der Waals surface area (Å²) < 4.78 is 0. The highest BCUT2D eigenvalue weighted by Gasteiger charge is 2.39. The van der Waals surface area contributed by atoms with Gasteiger partial charge in [-0.25, -0.2) is 0 Å². The van der Waals surface area contributed by atoms with E-state index in [0.29, 0.717) is 13.0 Å². The van der Waals surface area contributed by atoms with Crippen molar-refractivity contribution >= 4 is 11.8 Å². The average Bonchev–Trinajstić information content (AvgIpc) is 2.96. The van der Waals surface area contributed by atoms with Crippen LogP contribution in [-0.4, -0.2) is 91.3 Å². The van der Waals surface area contributed by atoms with Crippen molar-refractivity contribution in [3.8, 4) is 0 Å². The normalized spacial score (nSPS) is 23.7. The van der Waals surface area contributed by atoms with Gasteiger partial charge in [-0.3, -0.25) is 14.5 Å². The largest absolute Gasteiger partial charge is 0.344 e. The summed E-state index contributed by atoms with van der Waals surface area (Å²) in [6.45, 7) is 4.32. The predicted octanol–water partition coefficient (Wildman–Crippen LogP) is 0.664. The van der Waals surface area contributed by atoms with Crippen LogP contribution in [0, 0.1) is 0 Å². The number of piperazine rings is 1. The SMILES string of the molecule is CN1CCN([C@H](C(=O)N(C)[C@H]2CCN(C)C2=O)c2ccccc2)CC1. The minimum Gasteiger partial charge on any atom is -0.344 e. The molecule has 0 saturated carbocycles. The van der Waals surface area contributed by atoms with Gasteiger partial charge < -0.3 is 14.7 Å². The molecule has 0 aromatic heterocycles. The van der Waals surface area contributed by atoms with Gasteiger partial charge in [0.15, 0.2) is 0 Å². The molecular weight excluding hydrogens is 316 g/mol. The number of likely N-dealkylation sites (tertiary alicyclic amines) is 1. The molecule has 2 aliphatic heterocycles. The van der Waals surface area contributed by atoms with Crippen LogP contribution < -0.4 is 0 Å². The lowest BCUT2D eigenvalue weighted by atomic mass is 10.0. The second-order valence-electron chi connectivity index (χ2n) is 7.17. The number of carbonyl (C=O) groups is 2. The third kappa shape index (κ3) is 3.70. The molecule has 0 N–H and O–H groups in total. The van der Waals surface area contributed by atoms with Gasteiger partial charge in [0, 0.05) is 46.8 Å². The van der Waals surface area contributed by atoms with Crippen LogP contribution in [0.25, 0.3) is 0 Å². The predicted molar refractivity (Wildman–Crippen MR) is 97.1 cm³/mol. The molecule has 1 aromatic carbocycles. The van der Waals surface area contributed by atoms with E-state index in [1.165, 1.54) is 0 Å². The molecule has 25 heavy (non-hydrogen) atoms. The van der Waals surface area contributed by atoms with Crippen LogP contribution >= 0.6 is 0 Å². The Morgan fingerprint density at radius 1 is 1.08 bits per heavy atom. The van der Waals surface area contributed by atoms with Crippen molar-refractivity contribution in [2.24, 2.45) is 0 Å². The van der Waals surface area contributed by atoms with Gasteiger partial charge in [-0.1, -0.05) is 30.3 Å². The van der Waals surface area contributed by atoms with E-state index in [-0.39, 0.29) is 23.9 Å². The van der Waals surface area contributed by atoms with E-state index >= 15 is 0 Å². The summed E-state index contributed by atoms with van der Waals surface area (Å²) in [6, 6.07) is 9.28. The van der Waals surface area contributed by atoms with E-state index in [2.05, 4.69) is 16.8 Å². The quantitative estimate of drug-likeness (QED) is 0.805. The second-order valence-corrected chi connectivity index (χ2v) is 7.17. The van der Waals surface area contributed by atoms with Crippen molar-refractivity contribution in [2.45, 2.75) is 18.5 Å². The fourth-order valence-corrected chi connectivity index (χ4v) is 3.73. The van der Waals surface area contributed by atoms with Gasteiger partial charge in [0.25, 0.3) is 0 Å². The topological polar surface area (TPSA) is 47.1 Å². The van der Waals surface area contributed by atoms with Gasteiger partial charge in [0.1, 0.15) is 12.1 Å². The van der Waals surface area contributed by atoms with Crippen LogP contribution in [0.5, 0.6) is 0 Å². The van der Waals surface area contributed by atoms with Crippen molar-refractivity contribution in [3.63, 3.8) is 0 Å². The lowest BCUT2D eigenvalue weighted by Crippen LogP contribution is -2.52. The van der Waals surface area contributed by atoms with E-state index in [4.69, 9.17) is 0 Å². The molecule has 0 spiro atoms. The Hall–Kier alpha value is -1.92. The van der Waals surface area contributed by atoms with E-state index in [1.807, 2.05) is 30.3 Å². The van der Waals surface area contributed by atoms with Gasteiger partial charge in [-0.2, -0.15) is 0 Å². The number of likely N-dealkylation sites (N-methyl/N-ethyl adjacent to an activating group) is 3. The third-order valence-electron chi connectivity index (χ3n) is 5.47. The number of amides is 2. The smallest absolute Gasteiger partial charge is 0.245 e. The van der Waals surface area contributed by atoms with Crippen LogP contribution in [0.2, 0.25) is 0 Å². The zero-order valence-corrected chi connectivity index (χ0v) is 15.4. The number of rotatable bonds is 4. The van der Waals surface area contributed by atoms with E-state index in [9.17, 15) is 9.59 Å². The highest BCUT2D eigenvalue weighted by Crippen LogP contribution is 2.26. The van der Waals surface area contributed by atoms with Gasteiger partial charge >= 0.3 is 0 Å². The molecule has 0 radical (unpaired) electrons. The first-order valence-electron chi connectivity index (χ1n) is 8.98. The van der Waals surface area contributed by atoms with Crippen molar-refractivity contribution in [2.75, 3.05) is 53.9 Å². The molecule has 0 unspecified atom stereocenters. The summed E-state index contributed by atoms with van der Waals surface area (Å²) >= 11 is 0. The Balaban J connectivity index is 1.83. The van der Waals surface area contributed by atoms with Gasteiger partial charge in [0.2, 0.25) is 11.8 Å². The maximum Gasteiger partial charge on any atom is 0.245 e. The van der Waals surface area contributed by atoms with Crippen LogP contribution in [0.15, 0.2) is 30.3 Å². The lowest BCUT2D eigenvalue weighted by Gasteiger charge is -2.39.